The van der Waals surface area contributed by atoms with Gasteiger partial charge in [-0.3, -0.25) is 0 Å². The zero-order valence-electron chi connectivity index (χ0n) is 30.5. The van der Waals surface area contributed by atoms with Gasteiger partial charge in [-0.2, -0.15) is 0 Å². The molecule has 0 radical (unpaired) electrons. The molecule has 0 spiro atoms. The van der Waals surface area contributed by atoms with Gasteiger partial charge < -0.3 is 0 Å². The van der Waals surface area contributed by atoms with Crippen molar-refractivity contribution < 1.29 is 0 Å². The molecular weight excluding hydrogens is 679 g/mol. The summed E-state index contributed by atoms with van der Waals surface area (Å²) in [4.78, 5) is 15.5. The van der Waals surface area contributed by atoms with Crippen LogP contribution >= 0.6 is 0 Å². The summed E-state index contributed by atoms with van der Waals surface area (Å²) < 4.78 is 0. The summed E-state index contributed by atoms with van der Waals surface area (Å²) in [5, 5.41) is 3.54. The van der Waals surface area contributed by atoms with Crippen molar-refractivity contribution in [2.24, 2.45) is 0 Å². The fraction of sp³-hybridized carbons (Fsp3) is 0. The molecule has 8 aromatic carbocycles. The Hall–Kier alpha value is -7.49. The third kappa shape index (κ3) is 6.31. The van der Waals surface area contributed by atoms with Crippen molar-refractivity contribution in [1.29, 1.82) is 0 Å². The first-order valence-corrected chi connectivity index (χ1v) is 18.9. The third-order valence-electron chi connectivity index (χ3n) is 10.5. The van der Waals surface area contributed by atoms with Crippen LogP contribution in [0.15, 0.2) is 212 Å². The average Bonchev–Trinajstić information content (AvgIpc) is 3.29. The second-order valence-corrected chi connectivity index (χ2v) is 14.0. The lowest BCUT2D eigenvalue weighted by molar-refractivity contribution is 1.18. The Labute approximate surface area is 326 Å². The van der Waals surface area contributed by atoms with Crippen molar-refractivity contribution in [2.45, 2.75) is 0 Å². The minimum absolute atomic E-state index is 0.697. The van der Waals surface area contributed by atoms with Crippen LogP contribution in [0.3, 0.4) is 0 Å². The maximum atomic E-state index is 5.45. The normalized spacial score (nSPS) is 11.2. The van der Waals surface area contributed by atoms with E-state index in [4.69, 9.17) is 15.0 Å². The number of fused-ring (bicyclic) bond motifs is 3. The zero-order valence-corrected chi connectivity index (χ0v) is 30.5. The Morgan fingerprint density at radius 1 is 0.268 bits per heavy atom. The number of aromatic nitrogens is 3. The van der Waals surface area contributed by atoms with Crippen LogP contribution in [0, 0.1) is 0 Å². The van der Waals surface area contributed by atoms with Gasteiger partial charge in [0, 0.05) is 33.2 Å². The van der Waals surface area contributed by atoms with E-state index in [2.05, 4.69) is 176 Å². The minimum Gasteiger partial charge on any atom is -0.247 e. The lowest BCUT2D eigenvalue weighted by Gasteiger charge is -2.17. The van der Waals surface area contributed by atoms with E-state index >= 15 is 0 Å². The van der Waals surface area contributed by atoms with Crippen molar-refractivity contribution >= 4 is 21.7 Å². The highest BCUT2D eigenvalue weighted by Gasteiger charge is 2.18. The van der Waals surface area contributed by atoms with Gasteiger partial charge in [0.05, 0.1) is 22.6 Å². The number of rotatable bonds is 7. The summed E-state index contributed by atoms with van der Waals surface area (Å²) in [5.41, 5.74) is 14.7. The number of nitrogens with zero attached hydrogens (tertiary/aromatic N) is 3. The van der Waals surface area contributed by atoms with Gasteiger partial charge in [0.2, 0.25) is 0 Å². The van der Waals surface area contributed by atoms with Gasteiger partial charge in [0.15, 0.2) is 5.82 Å². The quantitative estimate of drug-likeness (QED) is 0.154. The highest BCUT2D eigenvalue weighted by molar-refractivity contribution is 6.18. The van der Waals surface area contributed by atoms with Crippen molar-refractivity contribution in [1.82, 2.24) is 15.0 Å². The van der Waals surface area contributed by atoms with Gasteiger partial charge in [-0.05, 0) is 62.9 Å². The molecule has 10 aromatic rings. The first-order chi connectivity index (χ1) is 27.7. The molecule has 10 rings (SSSR count). The molecule has 0 N–H and O–H groups in total. The molecule has 0 unspecified atom stereocenters. The lowest BCUT2D eigenvalue weighted by atomic mass is 9.89. The molecule has 0 atom stereocenters. The summed E-state index contributed by atoms with van der Waals surface area (Å²) >= 11 is 0. The molecule has 262 valence electrons. The van der Waals surface area contributed by atoms with Crippen LogP contribution in [0.4, 0.5) is 0 Å². The van der Waals surface area contributed by atoms with Crippen LogP contribution < -0.4 is 0 Å². The molecule has 0 aliphatic heterocycles. The molecule has 0 amide bonds. The predicted molar refractivity (Wildman–Crippen MR) is 233 cm³/mol. The van der Waals surface area contributed by atoms with Gasteiger partial charge in [-0.15, -0.1) is 0 Å². The molecule has 0 fully saturated rings. The van der Waals surface area contributed by atoms with Crippen molar-refractivity contribution in [2.75, 3.05) is 0 Å². The average molecular weight is 714 g/mol. The Kier molecular flexibility index (Phi) is 8.51. The van der Waals surface area contributed by atoms with Crippen LogP contribution in [0.2, 0.25) is 0 Å². The highest BCUT2D eigenvalue weighted by atomic mass is 14.9. The standard InChI is InChI=1S/C53H35N3/c1-5-16-37(17-6-1)46-34-48(38-18-7-2-8-19-38)54-52-47(33-44-24-13-14-27-45(44)51(46)52)43-26-15-25-42(32-43)36-28-30-41(31-29-36)53-55-49(39-20-9-3-10-21-39)35-50(56-53)40-22-11-4-12-23-40/h1-35H. The second-order valence-electron chi connectivity index (χ2n) is 14.0. The maximum Gasteiger partial charge on any atom is 0.160 e. The van der Waals surface area contributed by atoms with Gasteiger partial charge in [0.25, 0.3) is 0 Å². The van der Waals surface area contributed by atoms with E-state index in [1.54, 1.807) is 0 Å². The lowest BCUT2D eigenvalue weighted by Crippen LogP contribution is -1.96. The number of hydrogen-bond acceptors (Lipinski definition) is 3. The summed E-state index contributed by atoms with van der Waals surface area (Å²) in [6.07, 6.45) is 0. The second kappa shape index (κ2) is 14.4. The fourth-order valence-corrected chi connectivity index (χ4v) is 7.68. The van der Waals surface area contributed by atoms with Crippen LogP contribution in [-0.4, -0.2) is 15.0 Å². The first kappa shape index (κ1) is 33.1. The van der Waals surface area contributed by atoms with E-state index in [-0.39, 0.29) is 0 Å². The van der Waals surface area contributed by atoms with Crippen LogP contribution in [0.5, 0.6) is 0 Å². The van der Waals surface area contributed by atoms with Gasteiger partial charge >= 0.3 is 0 Å². The van der Waals surface area contributed by atoms with Gasteiger partial charge in [-0.25, -0.2) is 15.0 Å². The van der Waals surface area contributed by atoms with Crippen LogP contribution in [0.25, 0.3) is 100 Å². The SMILES string of the molecule is c1ccc(-c2cc(-c3ccccc3)nc(-c3ccc(-c4cccc(-c5cc6ccccc6c6c(-c7ccccc7)cc(-c7ccccc7)nc56)c4)cc3)n2)cc1. The molecule has 0 aliphatic carbocycles. The van der Waals surface area contributed by atoms with E-state index in [1.165, 1.54) is 21.9 Å². The first-order valence-electron chi connectivity index (χ1n) is 18.9. The molecule has 2 heterocycles. The summed E-state index contributed by atoms with van der Waals surface area (Å²) in [5.74, 6) is 0.697. The Morgan fingerprint density at radius 3 is 1.36 bits per heavy atom. The number of benzene rings is 8. The van der Waals surface area contributed by atoms with Crippen molar-refractivity contribution in [3.05, 3.63) is 212 Å². The Bertz CT molecular complexity index is 2920. The number of pyridine rings is 1. The van der Waals surface area contributed by atoms with Gasteiger partial charge in [-0.1, -0.05) is 188 Å². The summed E-state index contributed by atoms with van der Waals surface area (Å²) in [6, 6.07) is 74.5. The zero-order chi connectivity index (χ0) is 37.3. The van der Waals surface area contributed by atoms with Crippen molar-refractivity contribution in [3.8, 4) is 78.5 Å². The van der Waals surface area contributed by atoms with Gasteiger partial charge in [0.1, 0.15) is 0 Å². The maximum absolute atomic E-state index is 5.45. The molecule has 0 bridgehead atoms. The molecule has 0 saturated heterocycles. The molecule has 0 saturated carbocycles. The monoisotopic (exact) mass is 713 g/mol. The molecule has 56 heavy (non-hydrogen) atoms. The molecule has 2 aromatic heterocycles. The molecule has 3 heteroatoms. The minimum atomic E-state index is 0.697. The third-order valence-corrected chi connectivity index (χ3v) is 10.5. The molecule has 0 aliphatic rings. The van der Waals surface area contributed by atoms with Crippen LogP contribution in [0.1, 0.15) is 0 Å². The molecule has 3 nitrogen and oxygen atoms in total. The summed E-state index contributed by atoms with van der Waals surface area (Å²) in [6.45, 7) is 0. The largest absolute Gasteiger partial charge is 0.247 e. The number of hydrogen-bond donors (Lipinski definition) is 0. The summed E-state index contributed by atoms with van der Waals surface area (Å²) in [7, 11) is 0. The van der Waals surface area contributed by atoms with E-state index in [9.17, 15) is 0 Å². The smallest absolute Gasteiger partial charge is 0.160 e. The van der Waals surface area contributed by atoms with E-state index in [0.717, 1.165) is 72.5 Å². The van der Waals surface area contributed by atoms with Crippen molar-refractivity contribution in [3.63, 3.8) is 0 Å². The van der Waals surface area contributed by atoms with E-state index in [1.807, 2.05) is 36.4 Å². The topological polar surface area (TPSA) is 38.7 Å². The Morgan fingerprint density at radius 2 is 0.750 bits per heavy atom. The predicted octanol–water partition coefficient (Wildman–Crippen LogP) is 13.8. The van der Waals surface area contributed by atoms with E-state index < -0.39 is 0 Å². The van der Waals surface area contributed by atoms with E-state index in [0.29, 0.717) is 5.82 Å². The molecular formula is C53H35N3. The highest BCUT2D eigenvalue weighted by Crippen LogP contribution is 2.42. The van der Waals surface area contributed by atoms with Crippen LogP contribution in [-0.2, 0) is 0 Å². The fourth-order valence-electron chi connectivity index (χ4n) is 7.68. The Balaban J connectivity index is 1.10.